The van der Waals surface area contributed by atoms with Crippen molar-refractivity contribution in [1.29, 1.82) is 0 Å². The van der Waals surface area contributed by atoms with Crippen LogP contribution in [-0.4, -0.2) is 171 Å². The number of aliphatic hydroxyl groups is 5. The van der Waals surface area contributed by atoms with E-state index in [0.717, 1.165) is 128 Å². The average molecular weight is 1320 g/mol. The van der Waals surface area contributed by atoms with Crippen LogP contribution in [0.25, 0.3) is 0 Å². The molecule has 0 radical (unpaired) electrons. The van der Waals surface area contributed by atoms with Gasteiger partial charge in [0.15, 0.2) is 12.6 Å². The summed E-state index contributed by atoms with van der Waals surface area (Å²) in [5.41, 5.74) is 5.56. The quantitative estimate of drug-likeness (QED) is 0.0153. The molecule has 0 spiro atoms. The lowest BCUT2D eigenvalue weighted by Crippen LogP contribution is -2.67. The highest BCUT2D eigenvalue weighted by atomic mass is 31.2. The van der Waals surface area contributed by atoms with Gasteiger partial charge in [0.05, 0.1) is 52.0 Å². The van der Waals surface area contributed by atoms with E-state index >= 15 is 0 Å². The van der Waals surface area contributed by atoms with E-state index < -0.39 is 133 Å². The number of nitrogens with two attached hydrogens (primary N) is 1. The average Bonchev–Trinajstić information content (AvgIpc) is 1.28. The Morgan fingerprint density at radius 2 is 0.955 bits per heavy atom. The first-order chi connectivity index (χ1) is 42.8. The van der Waals surface area contributed by atoms with E-state index in [1.165, 1.54) is 64.2 Å². The maximum Gasteiger partial charge on any atom is 0.472 e. The number of hydrogen-bond acceptors (Lipinski definition) is 19. The SMILES string of the molecule is CCCCCCCCCCCC(=O)O[C@H](CCCCCCCCCCC)CC(=O)N[C@H]1[C@H](OC[C@H]2O[C@H](OCCOP(=O)(O)OCCCCCCCCCN)[C@H](NC(=O)C[C@H](O)CCCCCCCCCCC)[C@@H](O)[C@@H]2O)O[C@H](CO)[C@@H](OP(=O)(O)O)[C@@H]1O. The number of amides is 2. The molecule has 2 saturated heterocycles. The smallest absolute Gasteiger partial charge is 0.462 e. The Kier molecular flexibility index (Phi) is 48.3. The Bertz CT molecular complexity index is 1880. The fraction of sp³-hybridized carbons (Fsp3) is 0.952. The van der Waals surface area contributed by atoms with E-state index in [-0.39, 0.29) is 25.9 Å². The van der Waals surface area contributed by atoms with Gasteiger partial charge < -0.3 is 80.3 Å². The van der Waals surface area contributed by atoms with Crippen LogP contribution in [-0.2, 0) is 60.8 Å². The summed E-state index contributed by atoms with van der Waals surface area (Å²) in [4.78, 5) is 70.9. The molecule has 526 valence electrons. The number of esters is 1. The van der Waals surface area contributed by atoms with Crippen molar-refractivity contribution in [2.24, 2.45) is 5.73 Å². The normalized spacial score (nSPS) is 23.6. The lowest BCUT2D eigenvalue weighted by Gasteiger charge is -2.45. The van der Waals surface area contributed by atoms with Crippen LogP contribution in [0.3, 0.4) is 0 Å². The first-order valence-corrected chi connectivity index (χ1v) is 37.5. The molecule has 1 unspecified atom stereocenters. The van der Waals surface area contributed by atoms with E-state index in [4.69, 9.17) is 43.0 Å². The number of ether oxygens (including phenoxy) is 5. The second-order valence-electron chi connectivity index (χ2n) is 24.6. The van der Waals surface area contributed by atoms with Crippen molar-refractivity contribution >= 4 is 33.4 Å². The summed E-state index contributed by atoms with van der Waals surface area (Å²) < 4.78 is 70.1. The van der Waals surface area contributed by atoms with Crippen molar-refractivity contribution in [1.82, 2.24) is 10.6 Å². The lowest BCUT2D eigenvalue weighted by molar-refractivity contribution is -0.303. The first-order valence-electron chi connectivity index (χ1n) is 34.5. The molecule has 2 heterocycles. The van der Waals surface area contributed by atoms with Gasteiger partial charge in [-0.1, -0.05) is 213 Å². The van der Waals surface area contributed by atoms with Crippen LogP contribution in [0.5, 0.6) is 0 Å². The van der Waals surface area contributed by atoms with Gasteiger partial charge in [-0.3, -0.25) is 28.0 Å². The highest BCUT2D eigenvalue weighted by molar-refractivity contribution is 7.47. The summed E-state index contributed by atoms with van der Waals surface area (Å²) in [5, 5.41) is 61.4. The zero-order valence-electron chi connectivity index (χ0n) is 54.6. The molecule has 2 aliphatic rings. The lowest BCUT2D eigenvalue weighted by atomic mass is 9.95. The molecule has 2 fully saturated rings. The van der Waals surface area contributed by atoms with E-state index in [9.17, 15) is 63.7 Å². The molecule has 2 aliphatic heterocycles. The predicted molar refractivity (Wildman–Crippen MR) is 339 cm³/mol. The topological polar surface area (TPSA) is 371 Å². The Hall–Kier alpha value is -1.77. The highest BCUT2D eigenvalue weighted by Gasteiger charge is 2.51. The zero-order valence-corrected chi connectivity index (χ0v) is 56.4. The van der Waals surface area contributed by atoms with Crippen LogP contribution in [0.15, 0.2) is 0 Å². The van der Waals surface area contributed by atoms with Crippen LogP contribution in [0.4, 0.5) is 0 Å². The maximum absolute atomic E-state index is 14.1. The molecule has 0 aromatic heterocycles. The largest absolute Gasteiger partial charge is 0.472 e. The molecule has 2 rings (SSSR count). The minimum Gasteiger partial charge on any atom is -0.462 e. The van der Waals surface area contributed by atoms with Gasteiger partial charge in [-0.2, -0.15) is 0 Å². The Morgan fingerprint density at radius 3 is 1.47 bits per heavy atom. The molecule has 0 bridgehead atoms. The van der Waals surface area contributed by atoms with Crippen molar-refractivity contribution in [3.63, 3.8) is 0 Å². The molecule has 12 N–H and O–H groups in total. The standard InChI is InChI=1S/C63H123N3O21P2/c1-4-7-10-13-16-19-23-28-33-38-49(68)45-53(69)65-56-59(73)58(72)52(86-62(56)80-43-44-83-89(78,79)82-42-37-32-27-22-26-31-36-41-64)48-81-63-57(60(74)61(51(47-67)85-63)87-88(75,76)77)66-54(70)46-50(39-34-29-24-20-17-14-11-8-5-2)84-55(71)40-35-30-25-21-18-15-12-9-6-3/h49-52,56-63,67-68,72-74H,4-48,64H2,1-3H3,(H,65,69)(H,66,70)(H,78,79)(H2,75,76,77)/t49-,50-,51-,52-,56-,57-,58-,59-,60-,61-,62+,63-/m1/s1. The third kappa shape index (κ3) is 40.3. The summed E-state index contributed by atoms with van der Waals surface area (Å²) in [7, 11) is -9.92. The van der Waals surface area contributed by atoms with E-state index in [0.29, 0.717) is 45.1 Å². The monoisotopic (exact) mass is 1320 g/mol. The molecule has 2 amide bonds. The van der Waals surface area contributed by atoms with Crippen molar-refractivity contribution < 1.29 is 101 Å². The molecular formula is C63H123N3O21P2. The van der Waals surface area contributed by atoms with E-state index in [1.54, 1.807) is 0 Å². The first kappa shape index (κ1) is 83.3. The third-order valence-electron chi connectivity index (χ3n) is 16.5. The van der Waals surface area contributed by atoms with Gasteiger partial charge in [-0.05, 0) is 45.1 Å². The Morgan fingerprint density at radius 1 is 0.517 bits per heavy atom. The number of phosphoric acid groups is 2. The number of rotatable bonds is 58. The molecule has 13 atom stereocenters. The number of unbranched alkanes of at least 4 members (excludes halogenated alkanes) is 30. The fourth-order valence-electron chi connectivity index (χ4n) is 11.3. The predicted octanol–water partition coefficient (Wildman–Crippen LogP) is 9.63. The van der Waals surface area contributed by atoms with Gasteiger partial charge in [0.1, 0.15) is 54.8 Å². The molecule has 26 heteroatoms. The fourth-order valence-corrected chi connectivity index (χ4v) is 12.6. The third-order valence-corrected chi connectivity index (χ3v) is 18.0. The van der Waals surface area contributed by atoms with Crippen LogP contribution >= 0.6 is 15.6 Å². The number of carbonyl (C=O) groups excluding carboxylic acids is 3. The van der Waals surface area contributed by atoms with Crippen molar-refractivity contribution in [3.05, 3.63) is 0 Å². The molecule has 24 nitrogen and oxygen atoms in total. The molecule has 89 heavy (non-hydrogen) atoms. The van der Waals surface area contributed by atoms with Gasteiger partial charge in [-0.15, -0.1) is 0 Å². The molecule has 0 saturated carbocycles. The van der Waals surface area contributed by atoms with E-state index in [2.05, 4.69) is 31.4 Å². The van der Waals surface area contributed by atoms with E-state index in [1.807, 2.05) is 0 Å². The maximum atomic E-state index is 14.1. The summed E-state index contributed by atoms with van der Waals surface area (Å²) >= 11 is 0. The number of carbonyl (C=O) groups is 3. The summed E-state index contributed by atoms with van der Waals surface area (Å²) in [5.74, 6) is -1.92. The van der Waals surface area contributed by atoms with Crippen LogP contribution in [0.1, 0.15) is 271 Å². The van der Waals surface area contributed by atoms with Gasteiger partial charge in [0, 0.05) is 6.42 Å². The number of hydrogen-bond donors (Lipinski definition) is 11. The van der Waals surface area contributed by atoms with Crippen molar-refractivity contribution in [3.8, 4) is 0 Å². The Labute approximate surface area is 533 Å². The van der Waals surface area contributed by atoms with Gasteiger partial charge >= 0.3 is 21.6 Å². The van der Waals surface area contributed by atoms with Crippen LogP contribution < -0.4 is 16.4 Å². The Balaban J connectivity index is 2.29. The number of nitrogens with one attached hydrogen (secondary N) is 2. The molecular weight excluding hydrogens is 1200 g/mol. The summed E-state index contributed by atoms with van der Waals surface area (Å²) in [6, 6.07) is -3.19. The van der Waals surface area contributed by atoms with Gasteiger partial charge in [0.2, 0.25) is 11.8 Å². The molecule has 0 aliphatic carbocycles. The van der Waals surface area contributed by atoms with Crippen LogP contribution in [0, 0.1) is 0 Å². The second kappa shape index (κ2) is 51.6. The highest BCUT2D eigenvalue weighted by Crippen LogP contribution is 2.44. The van der Waals surface area contributed by atoms with Crippen molar-refractivity contribution in [2.75, 3.05) is 39.6 Å². The number of phosphoric ester groups is 2. The molecule has 0 aromatic carbocycles. The zero-order chi connectivity index (χ0) is 65.6. The minimum absolute atomic E-state index is 0.0362. The summed E-state index contributed by atoms with van der Waals surface area (Å²) in [6.45, 7) is 4.46. The minimum atomic E-state index is -5.37. The van der Waals surface area contributed by atoms with Crippen molar-refractivity contribution in [2.45, 2.75) is 345 Å². The molecule has 0 aromatic rings. The second-order valence-corrected chi connectivity index (χ2v) is 27.2. The van der Waals surface area contributed by atoms with Crippen LogP contribution in [0.2, 0.25) is 0 Å². The van der Waals surface area contributed by atoms with Gasteiger partial charge in [0.25, 0.3) is 0 Å². The summed E-state index contributed by atoms with van der Waals surface area (Å²) in [6.07, 6.45) is 18.7. The van der Waals surface area contributed by atoms with Gasteiger partial charge in [-0.25, -0.2) is 9.13 Å². The number of aliphatic hydroxyl groups excluding tert-OH is 5.